The minimum Gasteiger partial charge on any atom is -0.311 e. The third-order valence-corrected chi connectivity index (χ3v) is 3.93. The van der Waals surface area contributed by atoms with Crippen LogP contribution in [0.25, 0.3) is 0 Å². The zero-order valence-corrected chi connectivity index (χ0v) is 10.9. The summed E-state index contributed by atoms with van der Waals surface area (Å²) >= 11 is 0. The molecule has 2 saturated heterocycles. The van der Waals surface area contributed by atoms with Gasteiger partial charge in [0.05, 0.1) is 5.69 Å². The first-order valence-corrected chi connectivity index (χ1v) is 6.60. The third kappa shape index (κ3) is 1.81. The van der Waals surface area contributed by atoms with Crippen LogP contribution in [-0.4, -0.2) is 35.6 Å². The number of anilines is 1. The maximum Gasteiger partial charge on any atom is 0.330 e. The minimum atomic E-state index is -0.899. The number of hydrogen-bond acceptors (Lipinski definition) is 3. The zero-order valence-electron chi connectivity index (χ0n) is 10.9. The molecule has 2 aliphatic heterocycles. The second-order valence-electron chi connectivity index (χ2n) is 5.17. The van der Waals surface area contributed by atoms with Crippen molar-refractivity contribution in [1.82, 2.24) is 10.2 Å². The molecular formula is C14H17N3O2. The molecule has 0 saturated carbocycles. The lowest BCUT2D eigenvalue weighted by Crippen LogP contribution is -2.57. The first kappa shape index (κ1) is 12.2. The highest BCUT2D eigenvalue weighted by Crippen LogP contribution is 2.29. The highest BCUT2D eigenvalue weighted by Gasteiger charge is 2.52. The van der Waals surface area contributed by atoms with Gasteiger partial charge in [-0.25, -0.2) is 9.69 Å². The SMILES string of the molecule is CC1(N2CCCC2)NC(=O)N(c2ccccc2)C1=O. The zero-order chi connectivity index (χ0) is 13.5. The summed E-state index contributed by atoms with van der Waals surface area (Å²) in [7, 11) is 0. The normalized spacial score (nSPS) is 27.9. The van der Waals surface area contributed by atoms with E-state index in [1.807, 2.05) is 18.2 Å². The maximum absolute atomic E-state index is 12.6. The van der Waals surface area contributed by atoms with Crippen LogP contribution in [0.1, 0.15) is 19.8 Å². The van der Waals surface area contributed by atoms with Crippen molar-refractivity contribution in [3.05, 3.63) is 30.3 Å². The smallest absolute Gasteiger partial charge is 0.311 e. The van der Waals surface area contributed by atoms with Gasteiger partial charge < -0.3 is 5.32 Å². The monoisotopic (exact) mass is 259 g/mol. The molecule has 0 aliphatic carbocycles. The summed E-state index contributed by atoms with van der Waals surface area (Å²) in [6, 6.07) is 8.70. The Balaban J connectivity index is 1.93. The Bertz CT molecular complexity index is 511. The van der Waals surface area contributed by atoms with Crippen LogP contribution in [0.15, 0.2) is 30.3 Å². The predicted molar refractivity (Wildman–Crippen MR) is 71.7 cm³/mol. The second kappa shape index (κ2) is 4.35. The molecule has 5 heteroatoms. The van der Waals surface area contributed by atoms with Crippen LogP contribution >= 0.6 is 0 Å². The molecule has 19 heavy (non-hydrogen) atoms. The molecule has 3 amide bonds. The van der Waals surface area contributed by atoms with Gasteiger partial charge in [-0.1, -0.05) is 18.2 Å². The number of carbonyl (C=O) groups excluding carboxylic acids is 2. The van der Waals surface area contributed by atoms with Crippen molar-refractivity contribution >= 4 is 17.6 Å². The fourth-order valence-electron chi connectivity index (χ4n) is 2.82. The molecule has 2 aliphatic rings. The van der Waals surface area contributed by atoms with Crippen molar-refractivity contribution in [2.45, 2.75) is 25.4 Å². The Morgan fingerprint density at radius 2 is 1.74 bits per heavy atom. The standard InChI is InChI=1S/C14H17N3O2/c1-14(16-9-5-6-10-16)12(18)17(13(19)15-14)11-7-3-2-4-8-11/h2-4,7-8H,5-6,9-10H2,1H3,(H,15,19). The summed E-state index contributed by atoms with van der Waals surface area (Å²) in [6.07, 6.45) is 2.15. The molecule has 5 nitrogen and oxygen atoms in total. The molecule has 1 unspecified atom stereocenters. The number of hydrogen-bond donors (Lipinski definition) is 1. The predicted octanol–water partition coefficient (Wildman–Crippen LogP) is 1.55. The van der Waals surface area contributed by atoms with Crippen LogP contribution in [0.5, 0.6) is 0 Å². The largest absolute Gasteiger partial charge is 0.330 e. The average Bonchev–Trinajstić information content (AvgIpc) is 3.00. The van der Waals surface area contributed by atoms with Gasteiger partial charge in [0, 0.05) is 13.1 Å². The summed E-state index contributed by atoms with van der Waals surface area (Å²) < 4.78 is 0. The summed E-state index contributed by atoms with van der Waals surface area (Å²) in [5.41, 5.74) is -0.281. The lowest BCUT2D eigenvalue weighted by Gasteiger charge is -2.32. The summed E-state index contributed by atoms with van der Waals surface area (Å²) in [5.74, 6) is -0.189. The molecule has 2 fully saturated rings. The summed E-state index contributed by atoms with van der Waals surface area (Å²) in [5, 5.41) is 2.83. The molecule has 1 N–H and O–H groups in total. The number of nitrogens with one attached hydrogen (secondary N) is 1. The number of imide groups is 1. The molecule has 1 atom stereocenters. The molecule has 3 rings (SSSR count). The summed E-state index contributed by atoms with van der Waals surface area (Å²) in [4.78, 5) is 28.0. The molecule has 0 spiro atoms. The van der Waals surface area contributed by atoms with Crippen molar-refractivity contribution in [2.24, 2.45) is 0 Å². The van der Waals surface area contributed by atoms with E-state index in [0.717, 1.165) is 25.9 Å². The van der Waals surface area contributed by atoms with E-state index in [2.05, 4.69) is 10.2 Å². The number of carbonyl (C=O) groups is 2. The average molecular weight is 259 g/mol. The number of urea groups is 1. The van der Waals surface area contributed by atoms with E-state index < -0.39 is 5.66 Å². The fourth-order valence-corrected chi connectivity index (χ4v) is 2.82. The third-order valence-electron chi connectivity index (χ3n) is 3.93. The Labute approximate surface area is 112 Å². The highest BCUT2D eigenvalue weighted by atomic mass is 16.2. The Morgan fingerprint density at radius 3 is 2.37 bits per heavy atom. The lowest BCUT2D eigenvalue weighted by molar-refractivity contribution is -0.127. The van der Waals surface area contributed by atoms with Crippen molar-refractivity contribution in [3.63, 3.8) is 0 Å². The van der Waals surface area contributed by atoms with Crippen LogP contribution in [0.4, 0.5) is 10.5 Å². The number of likely N-dealkylation sites (tertiary alicyclic amines) is 1. The number of nitrogens with zero attached hydrogens (tertiary/aromatic N) is 2. The molecule has 0 aromatic heterocycles. The van der Waals surface area contributed by atoms with Gasteiger partial charge in [-0.15, -0.1) is 0 Å². The van der Waals surface area contributed by atoms with Gasteiger partial charge >= 0.3 is 6.03 Å². The first-order chi connectivity index (χ1) is 9.13. The van der Waals surface area contributed by atoms with Crippen LogP contribution in [-0.2, 0) is 4.79 Å². The topological polar surface area (TPSA) is 52.7 Å². The highest BCUT2D eigenvalue weighted by molar-refractivity contribution is 6.22. The number of para-hydroxylation sites is 1. The Morgan fingerprint density at radius 1 is 1.11 bits per heavy atom. The van der Waals surface area contributed by atoms with E-state index in [0.29, 0.717) is 5.69 Å². The molecule has 0 bridgehead atoms. The van der Waals surface area contributed by atoms with Crippen LogP contribution in [0.3, 0.4) is 0 Å². The van der Waals surface area contributed by atoms with Gasteiger partial charge in [0.2, 0.25) is 0 Å². The van der Waals surface area contributed by atoms with Gasteiger partial charge in [-0.05, 0) is 31.9 Å². The van der Waals surface area contributed by atoms with E-state index in [9.17, 15) is 9.59 Å². The first-order valence-electron chi connectivity index (χ1n) is 6.60. The molecule has 1 aromatic rings. The minimum absolute atomic E-state index is 0.189. The van der Waals surface area contributed by atoms with Crippen molar-refractivity contribution in [3.8, 4) is 0 Å². The van der Waals surface area contributed by atoms with E-state index in [1.165, 1.54) is 4.90 Å². The van der Waals surface area contributed by atoms with E-state index in [1.54, 1.807) is 19.1 Å². The quantitative estimate of drug-likeness (QED) is 0.820. The Kier molecular flexibility index (Phi) is 2.78. The van der Waals surface area contributed by atoms with Crippen molar-refractivity contribution in [1.29, 1.82) is 0 Å². The van der Waals surface area contributed by atoms with Crippen molar-refractivity contribution < 1.29 is 9.59 Å². The van der Waals surface area contributed by atoms with Gasteiger partial charge in [0.1, 0.15) is 0 Å². The lowest BCUT2D eigenvalue weighted by atomic mass is 10.1. The molecule has 0 radical (unpaired) electrons. The molecule has 2 heterocycles. The Hall–Kier alpha value is -1.88. The van der Waals surface area contributed by atoms with Crippen LogP contribution in [0.2, 0.25) is 0 Å². The number of rotatable bonds is 2. The summed E-state index contributed by atoms with van der Waals surface area (Å²) in [6.45, 7) is 3.50. The number of benzene rings is 1. The van der Waals surface area contributed by atoms with Crippen LogP contribution in [0, 0.1) is 0 Å². The molecule has 100 valence electrons. The van der Waals surface area contributed by atoms with E-state index >= 15 is 0 Å². The fraction of sp³-hybridized carbons (Fsp3) is 0.429. The van der Waals surface area contributed by atoms with E-state index in [-0.39, 0.29) is 11.9 Å². The van der Waals surface area contributed by atoms with Gasteiger partial charge in [-0.2, -0.15) is 0 Å². The van der Waals surface area contributed by atoms with Gasteiger partial charge in [-0.3, -0.25) is 9.69 Å². The number of amides is 3. The van der Waals surface area contributed by atoms with Gasteiger partial charge in [0.25, 0.3) is 5.91 Å². The maximum atomic E-state index is 12.6. The molecular weight excluding hydrogens is 242 g/mol. The van der Waals surface area contributed by atoms with Gasteiger partial charge in [0.15, 0.2) is 5.66 Å². The second-order valence-corrected chi connectivity index (χ2v) is 5.17. The van der Waals surface area contributed by atoms with E-state index in [4.69, 9.17) is 0 Å². The van der Waals surface area contributed by atoms with Crippen molar-refractivity contribution in [2.75, 3.05) is 18.0 Å². The van der Waals surface area contributed by atoms with Crippen LogP contribution < -0.4 is 10.2 Å². The molecule has 1 aromatic carbocycles.